The first-order chi connectivity index (χ1) is 8.91. The molecule has 1 unspecified atom stereocenters. The number of benzene rings is 1. The monoisotopic (exact) mass is 264 g/mol. The lowest BCUT2D eigenvalue weighted by Gasteiger charge is -2.27. The molecule has 104 valence electrons. The summed E-state index contributed by atoms with van der Waals surface area (Å²) in [6, 6.07) is 9.69. The average Bonchev–Trinajstić information content (AvgIpc) is 2.36. The smallest absolute Gasteiger partial charge is 0.317 e. The van der Waals surface area contributed by atoms with E-state index in [1.54, 1.807) is 19.0 Å². The first-order valence-electron chi connectivity index (χ1n) is 6.12. The molecule has 19 heavy (non-hydrogen) atoms. The Hall–Kier alpha value is -1.88. The van der Waals surface area contributed by atoms with Gasteiger partial charge in [-0.25, -0.2) is 0 Å². The summed E-state index contributed by atoms with van der Waals surface area (Å²) in [5.41, 5.74) is 1.05. The van der Waals surface area contributed by atoms with E-state index >= 15 is 0 Å². The van der Waals surface area contributed by atoms with Gasteiger partial charge in [-0.2, -0.15) is 0 Å². The lowest BCUT2D eigenvalue weighted by molar-refractivity contribution is -0.139. The van der Waals surface area contributed by atoms with Gasteiger partial charge in [0.2, 0.25) is 5.91 Å². The van der Waals surface area contributed by atoms with E-state index in [9.17, 15) is 9.59 Å². The lowest BCUT2D eigenvalue weighted by Crippen LogP contribution is -2.39. The predicted octanol–water partition coefficient (Wildman–Crippen LogP) is 1.22. The molecule has 5 nitrogen and oxygen atoms in total. The third kappa shape index (κ3) is 4.71. The molecule has 0 radical (unpaired) electrons. The summed E-state index contributed by atoms with van der Waals surface area (Å²) in [5, 5.41) is 8.66. The number of carbonyl (C=O) groups is 2. The van der Waals surface area contributed by atoms with E-state index in [0.29, 0.717) is 0 Å². The maximum absolute atomic E-state index is 12.0. The second-order valence-electron chi connectivity index (χ2n) is 4.66. The highest BCUT2D eigenvalue weighted by atomic mass is 16.4. The zero-order valence-electron chi connectivity index (χ0n) is 11.5. The van der Waals surface area contributed by atoms with E-state index in [0.717, 1.165) is 5.56 Å². The van der Waals surface area contributed by atoms with E-state index in [1.165, 1.54) is 4.90 Å². The molecule has 0 bridgehead atoms. The van der Waals surface area contributed by atoms with Crippen LogP contribution in [-0.4, -0.2) is 54.0 Å². The van der Waals surface area contributed by atoms with Crippen LogP contribution in [0.2, 0.25) is 0 Å². The van der Waals surface area contributed by atoms with Crippen LogP contribution in [0.15, 0.2) is 30.3 Å². The van der Waals surface area contributed by atoms with Gasteiger partial charge in [0.25, 0.3) is 0 Å². The number of nitrogens with zero attached hydrogens (tertiary/aromatic N) is 2. The SMILES string of the molecule is CC(c1ccccc1)N(C)C(=O)CN(C)CC(=O)O. The van der Waals surface area contributed by atoms with Gasteiger partial charge >= 0.3 is 5.97 Å². The molecule has 0 aliphatic rings. The fourth-order valence-electron chi connectivity index (χ4n) is 1.80. The molecule has 1 atom stereocenters. The number of hydrogen-bond acceptors (Lipinski definition) is 3. The number of rotatable bonds is 6. The first kappa shape index (κ1) is 15.2. The highest BCUT2D eigenvalue weighted by Gasteiger charge is 2.19. The highest BCUT2D eigenvalue weighted by Crippen LogP contribution is 2.18. The van der Waals surface area contributed by atoms with Gasteiger partial charge in [0, 0.05) is 7.05 Å². The molecule has 0 spiro atoms. The minimum absolute atomic E-state index is 0.0353. The Balaban J connectivity index is 2.59. The van der Waals surface area contributed by atoms with Crippen molar-refractivity contribution in [2.24, 2.45) is 0 Å². The Morgan fingerprint density at radius 1 is 1.16 bits per heavy atom. The molecular formula is C14H20N2O3. The largest absolute Gasteiger partial charge is 0.480 e. The van der Waals surface area contributed by atoms with E-state index in [1.807, 2.05) is 37.3 Å². The van der Waals surface area contributed by atoms with Crippen molar-refractivity contribution in [2.45, 2.75) is 13.0 Å². The Labute approximate surface area is 113 Å². The van der Waals surface area contributed by atoms with Crippen molar-refractivity contribution in [3.8, 4) is 0 Å². The van der Waals surface area contributed by atoms with Crippen LogP contribution >= 0.6 is 0 Å². The third-order valence-electron chi connectivity index (χ3n) is 3.07. The van der Waals surface area contributed by atoms with Crippen LogP contribution in [0.1, 0.15) is 18.5 Å². The molecule has 1 rings (SSSR count). The maximum Gasteiger partial charge on any atom is 0.317 e. The molecule has 0 aliphatic carbocycles. The Morgan fingerprint density at radius 3 is 2.26 bits per heavy atom. The summed E-state index contributed by atoms with van der Waals surface area (Å²) in [6.45, 7) is 1.91. The number of carboxylic acids is 1. The summed E-state index contributed by atoms with van der Waals surface area (Å²) in [7, 11) is 3.35. The van der Waals surface area contributed by atoms with Crippen molar-refractivity contribution in [1.82, 2.24) is 9.80 Å². The zero-order valence-corrected chi connectivity index (χ0v) is 11.5. The summed E-state index contributed by atoms with van der Waals surface area (Å²) in [6.07, 6.45) is 0. The van der Waals surface area contributed by atoms with Gasteiger partial charge in [0.05, 0.1) is 19.1 Å². The molecule has 1 aromatic rings. The quantitative estimate of drug-likeness (QED) is 0.839. The van der Waals surface area contributed by atoms with E-state index in [2.05, 4.69) is 0 Å². The average molecular weight is 264 g/mol. The minimum Gasteiger partial charge on any atom is -0.480 e. The van der Waals surface area contributed by atoms with Crippen molar-refractivity contribution in [3.63, 3.8) is 0 Å². The van der Waals surface area contributed by atoms with E-state index < -0.39 is 5.97 Å². The highest BCUT2D eigenvalue weighted by molar-refractivity contribution is 5.79. The second-order valence-corrected chi connectivity index (χ2v) is 4.66. The summed E-state index contributed by atoms with van der Waals surface area (Å²) in [5.74, 6) is -1.03. The molecule has 5 heteroatoms. The van der Waals surface area contributed by atoms with Crippen LogP contribution < -0.4 is 0 Å². The number of amides is 1. The van der Waals surface area contributed by atoms with Crippen molar-refractivity contribution >= 4 is 11.9 Å². The molecule has 0 fully saturated rings. The summed E-state index contributed by atoms with van der Waals surface area (Å²) in [4.78, 5) is 25.7. The number of carbonyl (C=O) groups excluding carboxylic acids is 1. The normalized spacial score (nSPS) is 12.2. The van der Waals surface area contributed by atoms with Crippen molar-refractivity contribution in [3.05, 3.63) is 35.9 Å². The van der Waals surface area contributed by atoms with Gasteiger partial charge in [-0.3, -0.25) is 14.5 Å². The van der Waals surface area contributed by atoms with Crippen molar-refractivity contribution in [2.75, 3.05) is 27.2 Å². The van der Waals surface area contributed by atoms with Gasteiger partial charge in [0.1, 0.15) is 0 Å². The minimum atomic E-state index is -0.936. The van der Waals surface area contributed by atoms with Crippen LogP contribution in [0, 0.1) is 0 Å². The van der Waals surface area contributed by atoms with Gasteiger partial charge in [-0.15, -0.1) is 0 Å². The molecular weight excluding hydrogens is 244 g/mol. The fraction of sp³-hybridized carbons (Fsp3) is 0.429. The number of hydrogen-bond donors (Lipinski definition) is 1. The third-order valence-corrected chi connectivity index (χ3v) is 3.07. The lowest BCUT2D eigenvalue weighted by atomic mass is 10.1. The van der Waals surface area contributed by atoms with Gasteiger partial charge in [-0.1, -0.05) is 30.3 Å². The molecule has 1 N–H and O–H groups in total. The first-order valence-corrected chi connectivity index (χ1v) is 6.12. The standard InChI is InChI=1S/C14H20N2O3/c1-11(12-7-5-4-6-8-12)16(3)13(17)9-15(2)10-14(18)19/h4-8,11H,9-10H2,1-3H3,(H,18,19). The second kappa shape index (κ2) is 6.89. The van der Waals surface area contributed by atoms with Crippen molar-refractivity contribution < 1.29 is 14.7 Å². The fourth-order valence-corrected chi connectivity index (χ4v) is 1.80. The van der Waals surface area contributed by atoms with Gasteiger partial charge < -0.3 is 10.0 Å². The Morgan fingerprint density at radius 2 is 1.74 bits per heavy atom. The number of aliphatic carboxylic acids is 1. The van der Waals surface area contributed by atoms with Crippen LogP contribution in [0.5, 0.6) is 0 Å². The number of likely N-dealkylation sites (N-methyl/N-ethyl adjacent to an activating group) is 2. The van der Waals surface area contributed by atoms with E-state index in [-0.39, 0.29) is 25.0 Å². The molecule has 0 aromatic heterocycles. The summed E-state index contributed by atoms with van der Waals surface area (Å²) >= 11 is 0. The molecule has 0 saturated heterocycles. The van der Waals surface area contributed by atoms with Crippen LogP contribution in [-0.2, 0) is 9.59 Å². The van der Waals surface area contributed by atoms with Crippen LogP contribution in [0.25, 0.3) is 0 Å². The number of carboxylic acid groups (broad SMARTS) is 1. The molecule has 0 saturated carbocycles. The van der Waals surface area contributed by atoms with Crippen molar-refractivity contribution in [1.29, 1.82) is 0 Å². The van der Waals surface area contributed by atoms with E-state index in [4.69, 9.17) is 5.11 Å². The van der Waals surface area contributed by atoms with Gasteiger partial charge in [0.15, 0.2) is 0 Å². The molecule has 1 aromatic carbocycles. The predicted molar refractivity (Wildman–Crippen MR) is 72.8 cm³/mol. The Bertz CT molecular complexity index is 434. The zero-order chi connectivity index (χ0) is 14.4. The molecule has 0 heterocycles. The molecule has 1 amide bonds. The topological polar surface area (TPSA) is 60.9 Å². The Kier molecular flexibility index (Phi) is 5.51. The molecule has 0 aliphatic heterocycles. The van der Waals surface area contributed by atoms with Crippen LogP contribution in [0.4, 0.5) is 0 Å². The van der Waals surface area contributed by atoms with Crippen LogP contribution in [0.3, 0.4) is 0 Å². The van der Waals surface area contributed by atoms with Gasteiger partial charge in [-0.05, 0) is 19.5 Å². The maximum atomic E-state index is 12.0. The summed E-state index contributed by atoms with van der Waals surface area (Å²) < 4.78 is 0.